The number of pyridine rings is 1. The summed E-state index contributed by atoms with van der Waals surface area (Å²) in [7, 11) is 0. The fraction of sp³-hybridized carbons (Fsp3) is 0.450. The predicted octanol–water partition coefficient (Wildman–Crippen LogP) is 3.72. The van der Waals surface area contributed by atoms with Crippen LogP contribution in [0.15, 0.2) is 24.4 Å². The number of aromatic hydroxyl groups is 1. The Morgan fingerprint density at radius 3 is 2.28 bits per heavy atom. The van der Waals surface area contributed by atoms with Crippen molar-refractivity contribution >= 4 is 46.8 Å². The molecular formula is C20H26Cl2N2O5. The Hall–Kier alpha value is -2.09. The van der Waals surface area contributed by atoms with E-state index in [1.165, 1.54) is 0 Å². The highest BCUT2D eigenvalue weighted by Crippen LogP contribution is 2.33. The highest BCUT2D eigenvalue weighted by molar-refractivity contribution is 6.35. The van der Waals surface area contributed by atoms with Gasteiger partial charge in [-0.05, 0) is 32.0 Å². The highest BCUT2D eigenvalue weighted by atomic mass is 35.5. The maximum absolute atomic E-state index is 11.7. The summed E-state index contributed by atoms with van der Waals surface area (Å²) in [6.45, 7) is 5.17. The number of rotatable bonds is 10. The quantitative estimate of drug-likeness (QED) is 0.558. The van der Waals surface area contributed by atoms with Gasteiger partial charge >= 0.3 is 11.9 Å². The van der Waals surface area contributed by atoms with Crippen LogP contribution in [0.2, 0.25) is 5.02 Å². The molecule has 0 aliphatic rings. The minimum atomic E-state index is -0.314. The van der Waals surface area contributed by atoms with Gasteiger partial charge in [-0.3, -0.25) is 19.5 Å². The van der Waals surface area contributed by atoms with Crippen molar-refractivity contribution in [2.24, 2.45) is 0 Å². The Balaban J connectivity index is 0.00000420. The van der Waals surface area contributed by atoms with Crippen molar-refractivity contribution in [1.82, 2.24) is 9.88 Å². The number of ether oxygens (including phenoxy) is 2. The molecule has 2 aromatic rings. The van der Waals surface area contributed by atoms with Crippen LogP contribution in [-0.2, 0) is 25.6 Å². The lowest BCUT2D eigenvalue weighted by Crippen LogP contribution is -2.29. The van der Waals surface area contributed by atoms with E-state index in [0.717, 1.165) is 0 Å². The number of nitrogens with zero attached hydrogens (tertiary/aromatic N) is 2. The van der Waals surface area contributed by atoms with Gasteiger partial charge in [-0.25, -0.2) is 0 Å². The first-order valence-electron chi connectivity index (χ1n) is 9.24. The number of halogens is 2. The van der Waals surface area contributed by atoms with Gasteiger partial charge in [-0.15, -0.1) is 12.4 Å². The number of hydrogen-bond donors (Lipinski definition) is 1. The molecule has 1 N–H and O–H groups in total. The molecular weight excluding hydrogens is 419 g/mol. The molecule has 1 aromatic heterocycles. The molecule has 7 nitrogen and oxygen atoms in total. The second-order valence-corrected chi connectivity index (χ2v) is 6.56. The van der Waals surface area contributed by atoms with Crippen molar-refractivity contribution in [3.05, 3.63) is 35.0 Å². The standard InChI is InChI=1S/C20H25ClN2O5.ClH/c1-3-27-17(24)7-10-23(11-8-18(25)28-4-2)13-14-12-16(21)15-6-5-9-22-19(15)20(14)26;/h5-6,9,12,26H,3-4,7-8,10-11,13H2,1-2H3;1H. The third-order valence-electron chi connectivity index (χ3n) is 4.16. The van der Waals surface area contributed by atoms with Crippen molar-refractivity contribution in [3.63, 3.8) is 0 Å². The third kappa shape index (κ3) is 7.34. The lowest BCUT2D eigenvalue weighted by atomic mass is 10.1. The van der Waals surface area contributed by atoms with Gasteiger partial charge in [0.05, 0.1) is 31.1 Å². The van der Waals surface area contributed by atoms with Crippen LogP contribution < -0.4 is 0 Å². The molecule has 0 atom stereocenters. The van der Waals surface area contributed by atoms with Gasteiger partial charge in [0.15, 0.2) is 0 Å². The van der Waals surface area contributed by atoms with E-state index in [1.54, 1.807) is 38.2 Å². The topological polar surface area (TPSA) is 89.0 Å². The summed E-state index contributed by atoms with van der Waals surface area (Å²) in [5.41, 5.74) is 0.990. The second kappa shape index (κ2) is 12.5. The number of carbonyl (C=O) groups is 2. The fourth-order valence-electron chi connectivity index (χ4n) is 2.83. The lowest BCUT2D eigenvalue weighted by molar-refractivity contribution is -0.143. The van der Waals surface area contributed by atoms with Crippen LogP contribution in [-0.4, -0.2) is 53.2 Å². The Morgan fingerprint density at radius 1 is 1.14 bits per heavy atom. The summed E-state index contributed by atoms with van der Waals surface area (Å²) in [6, 6.07) is 5.22. The normalized spacial score (nSPS) is 10.6. The number of phenols is 1. The second-order valence-electron chi connectivity index (χ2n) is 6.15. The number of hydrogen-bond acceptors (Lipinski definition) is 7. The van der Waals surface area contributed by atoms with Crippen LogP contribution in [0.3, 0.4) is 0 Å². The molecule has 0 saturated heterocycles. The number of aromatic nitrogens is 1. The van der Waals surface area contributed by atoms with Crippen molar-refractivity contribution in [2.45, 2.75) is 33.2 Å². The molecule has 0 fully saturated rings. The summed E-state index contributed by atoms with van der Waals surface area (Å²) in [5, 5.41) is 11.8. The Labute approximate surface area is 181 Å². The molecule has 1 heterocycles. The largest absolute Gasteiger partial charge is 0.505 e. The number of carbonyl (C=O) groups excluding carboxylic acids is 2. The monoisotopic (exact) mass is 444 g/mol. The molecule has 0 saturated carbocycles. The van der Waals surface area contributed by atoms with Gasteiger partial charge in [-0.1, -0.05) is 11.6 Å². The van der Waals surface area contributed by atoms with E-state index >= 15 is 0 Å². The first-order chi connectivity index (χ1) is 13.5. The van der Waals surface area contributed by atoms with Crippen LogP contribution in [0.5, 0.6) is 5.75 Å². The molecule has 2 rings (SSSR count). The van der Waals surface area contributed by atoms with Gasteiger partial charge < -0.3 is 14.6 Å². The molecule has 0 bridgehead atoms. The van der Waals surface area contributed by atoms with E-state index in [2.05, 4.69) is 4.98 Å². The molecule has 0 radical (unpaired) electrons. The first kappa shape index (κ1) is 24.9. The van der Waals surface area contributed by atoms with E-state index in [4.69, 9.17) is 21.1 Å². The highest BCUT2D eigenvalue weighted by Gasteiger charge is 2.17. The zero-order valence-corrected chi connectivity index (χ0v) is 18.1. The number of phenolic OH excluding ortho intramolecular Hbond substituents is 1. The maximum atomic E-state index is 11.7. The fourth-order valence-corrected chi connectivity index (χ4v) is 3.12. The molecule has 29 heavy (non-hydrogen) atoms. The smallest absolute Gasteiger partial charge is 0.307 e. The minimum Gasteiger partial charge on any atom is -0.505 e. The molecule has 1 aromatic carbocycles. The van der Waals surface area contributed by atoms with Gasteiger partial charge in [0.2, 0.25) is 0 Å². The van der Waals surface area contributed by atoms with Crippen LogP contribution in [0.4, 0.5) is 0 Å². The van der Waals surface area contributed by atoms with Gasteiger partial charge in [0.25, 0.3) is 0 Å². The molecule has 0 aliphatic heterocycles. The lowest BCUT2D eigenvalue weighted by Gasteiger charge is -2.22. The summed E-state index contributed by atoms with van der Waals surface area (Å²) in [4.78, 5) is 29.5. The summed E-state index contributed by atoms with van der Waals surface area (Å²) in [5.74, 6) is -0.589. The van der Waals surface area contributed by atoms with Crippen molar-refractivity contribution in [1.29, 1.82) is 0 Å². The van der Waals surface area contributed by atoms with Crippen molar-refractivity contribution < 1.29 is 24.2 Å². The Morgan fingerprint density at radius 2 is 1.72 bits per heavy atom. The van der Waals surface area contributed by atoms with E-state index in [9.17, 15) is 14.7 Å². The molecule has 0 spiro atoms. The molecule has 9 heteroatoms. The Bertz CT molecular complexity index is 810. The zero-order chi connectivity index (χ0) is 20.5. The number of fused-ring (bicyclic) bond motifs is 1. The number of esters is 2. The summed E-state index contributed by atoms with van der Waals surface area (Å²) < 4.78 is 9.94. The SMILES string of the molecule is CCOC(=O)CCN(CCC(=O)OCC)Cc1cc(Cl)c2cccnc2c1O.Cl. The molecule has 0 amide bonds. The predicted molar refractivity (Wildman–Crippen MR) is 113 cm³/mol. The van der Waals surface area contributed by atoms with Crippen LogP contribution in [0.25, 0.3) is 10.9 Å². The average Bonchev–Trinajstić information content (AvgIpc) is 2.68. The summed E-state index contributed by atoms with van der Waals surface area (Å²) >= 11 is 6.34. The maximum Gasteiger partial charge on any atom is 0.307 e. The first-order valence-corrected chi connectivity index (χ1v) is 9.62. The molecule has 0 unspecified atom stereocenters. The van der Waals surface area contributed by atoms with E-state index < -0.39 is 0 Å². The third-order valence-corrected chi connectivity index (χ3v) is 4.48. The van der Waals surface area contributed by atoms with Crippen LogP contribution in [0.1, 0.15) is 32.3 Å². The average molecular weight is 445 g/mol. The van der Waals surface area contributed by atoms with Gasteiger partial charge in [-0.2, -0.15) is 0 Å². The Kier molecular flexibility index (Phi) is 10.7. The van der Waals surface area contributed by atoms with Crippen LogP contribution >= 0.6 is 24.0 Å². The van der Waals surface area contributed by atoms with Crippen molar-refractivity contribution in [2.75, 3.05) is 26.3 Å². The minimum absolute atomic E-state index is 0. The molecule has 160 valence electrons. The zero-order valence-electron chi connectivity index (χ0n) is 16.5. The van der Waals surface area contributed by atoms with Crippen molar-refractivity contribution in [3.8, 4) is 5.75 Å². The van der Waals surface area contributed by atoms with Crippen LogP contribution in [0, 0.1) is 0 Å². The van der Waals surface area contributed by atoms with E-state index in [0.29, 0.717) is 54.3 Å². The number of benzene rings is 1. The van der Waals surface area contributed by atoms with Gasteiger partial charge in [0.1, 0.15) is 11.3 Å². The van der Waals surface area contributed by atoms with E-state index in [1.807, 2.05) is 4.90 Å². The summed E-state index contributed by atoms with van der Waals surface area (Å²) in [6.07, 6.45) is 1.94. The van der Waals surface area contributed by atoms with Gasteiger partial charge in [0, 0.05) is 36.8 Å². The van der Waals surface area contributed by atoms with E-state index in [-0.39, 0.29) is 42.9 Å². The molecule has 0 aliphatic carbocycles.